The van der Waals surface area contributed by atoms with Crippen molar-refractivity contribution in [2.24, 2.45) is 0 Å². The summed E-state index contributed by atoms with van der Waals surface area (Å²) in [4.78, 5) is 12.2. The summed E-state index contributed by atoms with van der Waals surface area (Å²) in [6.45, 7) is 4.08. The maximum Gasteiger partial charge on any atom is 0.166 e. The summed E-state index contributed by atoms with van der Waals surface area (Å²) in [6.07, 6.45) is 17.3. The van der Waals surface area contributed by atoms with Gasteiger partial charge in [-0.25, -0.2) is 0 Å². The van der Waals surface area contributed by atoms with Gasteiger partial charge in [0.25, 0.3) is 0 Å². The number of phenols is 1. The monoisotopic (exact) mass is 380 g/mol. The number of carbonyl (C=O) groups excluding carboxylic acids is 1. The lowest BCUT2D eigenvalue weighted by Crippen LogP contribution is -2.00. The van der Waals surface area contributed by atoms with Gasteiger partial charge < -0.3 is 5.11 Å². The summed E-state index contributed by atoms with van der Waals surface area (Å²) < 4.78 is 0. The van der Waals surface area contributed by atoms with Gasteiger partial charge in [0.05, 0.1) is 5.56 Å². The Morgan fingerprint density at radius 1 is 0.846 bits per heavy atom. The van der Waals surface area contributed by atoms with Gasteiger partial charge in [-0.3, -0.25) is 4.79 Å². The van der Waals surface area contributed by atoms with Crippen molar-refractivity contribution < 1.29 is 9.90 Å². The fraction of sp³-hybridized carbons (Fsp3) is 0.696. The molecule has 0 spiro atoms. The standard InChI is InChI=1S/C23H37ClO2/c1-3-4-5-6-7-8-9-10-11-12-13-14-15-16-22(25)20-18-21(24)19(2)17-23(20)26/h17-18,26H,3-16H2,1-2H3. The van der Waals surface area contributed by atoms with Gasteiger partial charge in [-0.1, -0.05) is 95.6 Å². The minimum absolute atomic E-state index is 0.00697. The minimum atomic E-state index is -0.00697. The lowest BCUT2D eigenvalue weighted by Gasteiger charge is -2.07. The lowest BCUT2D eigenvalue weighted by atomic mass is 10.0. The highest BCUT2D eigenvalue weighted by Gasteiger charge is 2.13. The number of ketones is 1. The Morgan fingerprint density at radius 2 is 1.31 bits per heavy atom. The molecule has 0 aliphatic heterocycles. The first-order valence-corrected chi connectivity index (χ1v) is 11.0. The van der Waals surface area contributed by atoms with Crippen molar-refractivity contribution >= 4 is 17.4 Å². The summed E-state index contributed by atoms with van der Waals surface area (Å²) in [5.41, 5.74) is 1.15. The number of halogens is 1. The molecule has 26 heavy (non-hydrogen) atoms. The van der Waals surface area contributed by atoms with Crippen LogP contribution in [0.25, 0.3) is 0 Å². The summed E-state index contributed by atoms with van der Waals surface area (Å²) in [5, 5.41) is 10.4. The molecule has 0 radical (unpaired) electrons. The maximum absolute atomic E-state index is 12.2. The Bertz CT molecular complexity index is 525. The van der Waals surface area contributed by atoms with E-state index < -0.39 is 0 Å². The normalized spacial score (nSPS) is 11.0. The average Bonchev–Trinajstić information content (AvgIpc) is 2.62. The van der Waals surface area contributed by atoms with Gasteiger partial charge in [0.1, 0.15) is 5.75 Å². The number of Topliss-reactive ketones (excluding diaryl/α,β-unsaturated/α-hetero) is 1. The van der Waals surface area contributed by atoms with Crippen molar-refractivity contribution in [3.05, 3.63) is 28.3 Å². The van der Waals surface area contributed by atoms with Crippen molar-refractivity contribution in [1.82, 2.24) is 0 Å². The number of hydrogen-bond acceptors (Lipinski definition) is 2. The van der Waals surface area contributed by atoms with E-state index in [2.05, 4.69) is 6.92 Å². The van der Waals surface area contributed by atoms with Gasteiger partial charge in [-0.15, -0.1) is 0 Å². The van der Waals surface area contributed by atoms with Crippen LogP contribution < -0.4 is 0 Å². The van der Waals surface area contributed by atoms with E-state index in [4.69, 9.17) is 11.6 Å². The number of aromatic hydroxyl groups is 1. The molecule has 0 bridgehead atoms. The predicted molar refractivity (Wildman–Crippen MR) is 112 cm³/mol. The minimum Gasteiger partial charge on any atom is -0.507 e. The highest BCUT2D eigenvalue weighted by molar-refractivity contribution is 6.31. The summed E-state index contributed by atoms with van der Waals surface area (Å²) in [7, 11) is 0. The molecule has 1 rings (SSSR count). The molecule has 0 aromatic heterocycles. The van der Waals surface area contributed by atoms with Gasteiger partial charge >= 0.3 is 0 Å². The predicted octanol–water partition coefficient (Wildman–Crippen LogP) is 8.02. The van der Waals surface area contributed by atoms with Crippen molar-refractivity contribution in [3.63, 3.8) is 0 Å². The third-order valence-electron chi connectivity index (χ3n) is 5.08. The summed E-state index contributed by atoms with van der Waals surface area (Å²) in [5.74, 6) is 0.0408. The van der Waals surface area contributed by atoms with Crippen LogP contribution in [0.15, 0.2) is 12.1 Å². The molecule has 0 saturated carbocycles. The number of hydrogen-bond donors (Lipinski definition) is 1. The van der Waals surface area contributed by atoms with Crippen LogP contribution in [0, 0.1) is 6.92 Å². The Labute approximate surface area is 165 Å². The fourth-order valence-corrected chi connectivity index (χ4v) is 3.49. The smallest absolute Gasteiger partial charge is 0.166 e. The zero-order valence-corrected chi connectivity index (χ0v) is 17.5. The molecule has 0 atom stereocenters. The van der Waals surface area contributed by atoms with Gasteiger partial charge in [0.2, 0.25) is 0 Å². The molecule has 0 heterocycles. The first kappa shape index (κ1) is 23.0. The highest BCUT2D eigenvalue weighted by Crippen LogP contribution is 2.27. The Balaban J connectivity index is 2.01. The maximum atomic E-state index is 12.2. The quantitative estimate of drug-likeness (QED) is 0.247. The molecule has 0 unspecified atom stereocenters. The van der Waals surface area contributed by atoms with Crippen LogP contribution in [0.1, 0.15) is 113 Å². The Hall–Kier alpha value is -1.02. The van der Waals surface area contributed by atoms with E-state index >= 15 is 0 Å². The van der Waals surface area contributed by atoms with Crippen LogP contribution in [0.3, 0.4) is 0 Å². The second-order valence-electron chi connectivity index (χ2n) is 7.53. The van der Waals surface area contributed by atoms with E-state index in [-0.39, 0.29) is 11.5 Å². The van der Waals surface area contributed by atoms with E-state index in [1.807, 2.05) is 6.92 Å². The van der Waals surface area contributed by atoms with Crippen molar-refractivity contribution in [1.29, 1.82) is 0 Å². The number of benzene rings is 1. The Kier molecular flexibility index (Phi) is 12.5. The topological polar surface area (TPSA) is 37.3 Å². The summed E-state index contributed by atoms with van der Waals surface area (Å²) >= 11 is 6.05. The van der Waals surface area contributed by atoms with Crippen LogP contribution >= 0.6 is 11.6 Å². The van der Waals surface area contributed by atoms with E-state index in [1.165, 1.54) is 70.6 Å². The fourth-order valence-electron chi connectivity index (χ4n) is 3.33. The van der Waals surface area contributed by atoms with Crippen LogP contribution in [-0.2, 0) is 0 Å². The molecular weight excluding hydrogens is 344 g/mol. The molecule has 1 aromatic carbocycles. The second kappa shape index (κ2) is 14.1. The van der Waals surface area contributed by atoms with Gasteiger partial charge in [0, 0.05) is 11.4 Å². The zero-order chi connectivity index (χ0) is 19.2. The van der Waals surface area contributed by atoms with E-state index in [0.29, 0.717) is 17.0 Å². The lowest BCUT2D eigenvalue weighted by molar-refractivity contribution is 0.0976. The number of rotatable bonds is 15. The molecule has 1 aromatic rings. The van der Waals surface area contributed by atoms with Crippen LogP contribution in [0.5, 0.6) is 5.75 Å². The molecule has 1 N–H and O–H groups in total. The van der Waals surface area contributed by atoms with E-state index in [1.54, 1.807) is 12.1 Å². The first-order chi connectivity index (χ1) is 12.6. The second-order valence-corrected chi connectivity index (χ2v) is 7.94. The molecule has 3 heteroatoms. The molecule has 0 aliphatic carbocycles. The molecule has 0 saturated heterocycles. The summed E-state index contributed by atoms with van der Waals surface area (Å²) in [6, 6.07) is 3.16. The van der Waals surface area contributed by atoms with E-state index in [9.17, 15) is 9.90 Å². The van der Waals surface area contributed by atoms with Gasteiger partial charge in [-0.05, 0) is 31.0 Å². The van der Waals surface area contributed by atoms with E-state index in [0.717, 1.165) is 18.4 Å². The third-order valence-corrected chi connectivity index (χ3v) is 5.49. The highest BCUT2D eigenvalue weighted by atomic mass is 35.5. The molecule has 2 nitrogen and oxygen atoms in total. The molecular formula is C23H37ClO2. The third kappa shape index (κ3) is 9.62. The number of unbranched alkanes of at least 4 members (excludes halogenated alkanes) is 12. The number of phenolic OH excluding ortho intramolecular Hbond substituents is 1. The SMILES string of the molecule is CCCCCCCCCCCCCCCC(=O)c1cc(Cl)c(C)cc1O. The molecule has 0 amide bonds. The largest absolute Gasteiger partial charge is 0.507 e. The molecule has 148 valence electrons. The molecule has 0 aliphatic rings. The number of aryl methyl sites for hydroxylation is 1. The van der Waals surface area contributed by atoms with Crippen molar-refractivity contribution in [2.45, 2.75) is 104 Å². The van der Waals surface area contributed by atoms with Crippen molar-refractivity contribution in [2.75, 3.05) is 0 Å². The first-order valence-electron chi connectivity index (χ1n) is 10.6. The van der Waals surface area contributed by atoms with Gasteiger partial charge in [0.15, 0.2) is 5.78 Å². The van der Waals surface area contributed by atoms with Crippen molar-refractivity contribution in [3.8, 4) is 5.75 Å². The number of carbonyl (C=O) groups is 1. The van der Waals surface area contributed by atoms with Crippen LogP contribution in [0.4, 0.5) is 0 Å². The zero-order valence-electron chi connectivity index (χ0n) is 16.8. The molecule has 0 fully saturated rings. The average molecular weight is 381 g/mol. The van der Waals surface area contributed by atoms with Gasteiger partial charge in [-0.2, -0.15) is 0 Å². The Morgan fingerprint density at radius 3 is 1.81 bits per heavy atom. The van der Waals surface area contributed by atoms with Crippen LogP contribution in [0.2, 0.25) is 5.02 Å². The van der Waals surface area contributed by atoms with Crippen LogP contribution in [-0.4, -0.2) is 10.9 Å².